The van der Waals surface area contributed by atoms with Crippen molar-refractivity contribution in [3.8, 4) is 16.9 Å². The predicted octanol–water partition coefficient (Wildman–Crippen LogP) is 5.68. The molecule has 3 nitrogen and oxygen atoms in total. The molecule has 0 bridgehead atoms. The molecule has 4 heteroatoms. The molecule has 5 aromatic rings. The van der Waals surface area contributed by atoms with E-state index in [0.29, 0.717) is 5.75 Å². The van der Waals surface area contributed by atoms with Crippen molar-refractivity contribution in [2.75, 3.05) is 0 Å². The molecule has 0 atom stereocenters. The van der Waals surface area contributed by atoms with Gasteiger partial charge >= 0.3 is 7.69 Å². The van der Waals surface area contributed by atoms with Crippen molar-refractivity contribution in [2.24, 2.45) is 0 Å². The SMILES string of the molecule is CC1(C)c2ccccc2-c2ccc3oc4cc(OBO)c5ccccc5c4c3c21. The monoisotopic (exact) mass is 378 g/mol. The van der Waals surface area contributed by atoms with Gasteiger partial charge in [0.25, 0.3) is 0 Å². The van der Waals surface area contributed by atoms with Crippen LogP contribution in [0, 0.1) is 0 Å². The molecule has 0 radical (unpaired) electrons. The number of fused-ring (bicyclic) bond motifs is 9. The van der Waals surface area contributed by atoms with Gasteiger partial charge in [-0.2, -0.15) is 0 Å². The highest BCUT2D eigenvalue weighted by atomic mass is 16.5. The number of hydrogen-bond acceptors (Lipinski definition) is 3. The van der Waals surface area contributed by atoms with Crippen molar-refractivity contribution in [3.05, 3.63) is 77.9 Å². The first-order valence-corrected chi connectivity index (χ1v) is 9.86. The van der Waals surface area contributed by atoms with E-state index in [-0.39, 0.29) is 13.1 Å². The van der Waals surface area contributed by atoms with Gasteiger partial charge in [-0.25, -0.2) is 0 Å². The maximum Gasteiger partial charge on any atom is 0.504 e. The topological polar surface area (TPSA) is 42.6 Å². The van der Waals surface area contributed by atoms with Crippen LogP contribution in [0.4, 0.5) is 0 Å². The van der Waals surface area contributed by atoms with Crippen LogP contribution in [0.2, 0.25) is 0 Å². The van der Waals surface area contributed by atoms with Gasteiger partial charge in [0, 0.05) is 27.6 Å². The minimum atomic E-state index is -0.368. The van der Waals surface area contributed by atoms with E-state index in [1.807, 2.05) is 24.3 Å². The summed E-state index contributed by atoms with van der Waals surface area (Å²) in [7, 11) is -0.368. The van der Waals surface area contributed by atoms with Gasteiger partial charge in [-0.1, -0.05) is 68.4 Å². The molecule has 1 aliphatic carbocycles. The largest absolute Gasteiger partial charge is 0.538 e. The molecule has 0 fully saturated rings. The van der Waals surface area contributed by atoms with E-state index in [1.165, 1.54) is 27.6 Å². The van der Waals surface area contributed by atoms with Crippen LogP contribution in [-0.2, 0) is 5.41 Å². The number of furan rings is 1. The highest BCUT2D eigenvalue weighted by Gasteiger charge is 2.38. The summed E-state index contributed by atoms with van der Waals surface area (Å²) in [4.78, 5) is 0. The average molecular weight is 378 g/mol. The highest BCUT2D eigenvalue weighted by Crippen LogP contribution is 2.53. The molecule has 1 aliphatic rings. The molecule has 4 aromatic carbocycles. The van der Waals surface area contributed by atoms with Gasteiger partial charge in [0.2, 0.25) is 0 Å². The lowest BCUT2D eigenvalue weighted by atomic mass is 9.80. The number of rotatable bonds is 2. The van der Waals surface area contributed by atoms with Gasteiger partial charge in [0.1, 0.15) is 16.9 Å². The Morgan fingerprint density at radius 2 is 1.59 bits per heavy atom. The molecular formula is C25H19BO3. The third-order valence-corrected chi connectivity index (χ3v) is 6.34. The molecular weight excluding hydrogens is 359 g/mol. The van der Waals surface area contributed by atoms with E-state index in [4.69, 9.17) is 9.07 Å². The summed E-state index contributed by atoms with van der Waals surface area (Å²) in [6.45, 7) is 4.59. The number of hydrogen-bond donors (Lipinski definition) is 1. The molecule has 0 saturated heterocycles. The Kier molecular flexibility index (Phi) is 3.25. The molecule has 6 rings (SSSR count). The zero-order chi connectivity index (χ0) is 19.8. The Morgan fingerprint density at radius 1 is 0.828 bits per heavy atom. The molecule has 0 aliphatic heterocycles. The predicted molar refractivity (Wildman–Crippen MR) is 119 cm³/mol. The Labute approximate surface area is 168 Å². The fraction of sp³-hybridized carbons (Fsp3) is 0.120. The standard InChI is InChI=1S/C25H19BO3/c1-25(2)18-10-6-5-7-14(18)17-11-12-19-23(24(17)25)22-16-9-4-3-8-15(16)20(29-26-27)13-21(22)28-19/h3-13,26-27H,1-2H3. The van der Waals surface area contributed by atoms with E-state index >= 15 is 0 Å². The Balaban J connectivity index is 1.83. The molecule has 1 heterocycles. The summed E-state index contributed by atoms with van der Waals surface area (Å²) < 4.78 is 11.8. The van der Waals surface area contributed by atoms with Crippen LogP contribution >= 0.6 is 0 Å². The van der Waals surface area contributed by atoms with E-state index in [1.54, 1.807) is 0 Å². The second-order valence-corrected chi connectivity index (χ2v) is 8.20. The van der Waals surface area contributed by atoms with E-state index < -0.39 is 0 Å². The summed E-state index contributed by atoms with van der Waals surface area (Å²) in [5.41, 5.74) is 6.78. The minimum absolute atomic E-state index is 0.121. The van der Waals surface area contributed by atoms with Crippen molar-refractivity contribution < 1.29 is 14.1 Å². The van der Waals surface area contributed by atoms with Crippen molar-refractivity contribution in [3.63, 3.8) is 0 Å². The molecule has 29 heavy (non-hydrogen) atoms. The quantitative estimate of drug-likeness (QED) is 0.402. The first kappa shape index (κ1) is 16.7. The van der Waals surface area contributed by atoms with Crippen molar-refractivity contribution >= 4 is 40.4 Å². The Hall–Kier alpha value is -3.24. The molecule has 0 saturated carbocycles. The van der Waals surface area contributed by atoms with Crippen LogP contribution in [0.1, 0.15) is 25.0 Å². The summed E-state index contributed by atoms with van der Waals surface area (Å²) in [6, 6.07) is 23.0. The molecule has 0 unspecified atom stereocenters. The van der Waals surface area contributed by atoms with E-state index in [9.17, 15) is 5.02 Å². The molecule has 0 spiro atoms. The molecule has 140 valence electrons. The van der Waals surface area contributed by atoms with Crippen LogP contribution in [0.25, 0.3) is 43.8 Å². The average Bonchev–Trinajstić information content (AvgIpc) is 3.21. The second kappa shape index (κ2) is 5.65. The normalized spacial score (nSPS) is 14.3. The lowest BCUT2D eigenvalue weighted by Crippen LogP contribution is -2.15. The minimum Gasteiger partial charge on any atom is -0.538 e. The fourth-order valence-corrected chi connectivity index (χ4v) is 5.15. The van der Waals surface area contributed by atoms with Crippen LogP contribution in [0.5, 0.6) is 5.75 Å². The summed E-state index contributed by atoms with van der Waals surface area (Å²) in [5, 5.41) is 13.7. The van der Waals surface area contributed by atoms with Crippen LogP contribution < -0.4 is 4.65 Å². The van der Waals surface area contributed by atoms with Gasteiger partial charge < -0.3 is 14.1 Å². The molecule has 1 N–H and O–H groups in total. The van der Waals surface area contributed by atoms with Crippen LogP contribution in [0.3, 0.4) is 0 Å². The van der Waals surface area contributed by atoms with Gasteiger partial charge in [0.05, 0.1) is 0 Å². The van der Waals surface area contributed by atoms with Gasteiger partial charge in [-0.05, 0) is 33.7 Å². The third-order valence-electron chi connectivity index (χ3n) is 6.34. The Morgan fingerprint density at radius 3 is 2.41 bits per heavy atom. The highest BCUT2D eigenvalue weighted by molar-refractivity contribution is 6.24. The van der Waals surface area contributed by atoms with E-state index in [0.717, 1.165) is 27.3 Å². The third kappa shape index (κ3) is 2.07. The van der Waals surface area contributed by atoms with E-state index in [2.05, 4.69) is 56.3 Å². The summed E-state index contributed by atoms with van der Waals surface area (Å²) >= 11 is 0. The van der Waals surface area contributed by atoms with Crippen LogP contribution in [-0.4, -0.2) is 12.7 Å². The van der Waals surface area contributed by atoms with Gasteiger partial charge in [0.15, 0.2) is 0 Å². The first-order valence-electron chi connectivity index (χ1n) is 9.86. The van der Waals surface area contributed by atoms with Gasteiger partial charge in [-0.3, -0.25) is 0 Å². The lowest BCUT2D eigenvalue weighted by Gasteiger charge is -2.22. The second-order valence-electron chi connectivity index (χ2n) is 8.20. The zero-order valence-electron chi connectivity index (χ0n) is 16.3. The van der Waals surface area contributed by atoms with Gasteiger partial charge in [-0.15, -0.1) is 0 Å². The maximum atomic E-state index is 9.33. The molecule has 1 aromatic heterocycles. The van der Waals surface area contributed by atoms with Crippen LogP contribution in [0.15, 0.2) is 71.1 Å². The maximum absolute atomic E-state index is 9.33. The zero-order valence-corrected chi connectivity index (χ0v) is 16.3. The summed E-state index contributed by atoms with van der Waals surface area (Å²) in [6.07, 6.45) is 0. The summed E-state index contributed by atoms with van der Waals surface area (Å²) in [5.74, 6) is 0.633. The number of benzene rings is 4. The smallest absolute Gasteiger partial charge is 0.504 e. The lowest BCUT2D eigenvalue weighted by molar-refractivity contribution is 0.456. The molecule has 0 amide bonds. The Bertz CT molecular complexity index is 1450. The van der Waals surface area contributed by atoms with Crippen molar-refractivity contribution in [1.82, 2.24) is 0 Å². The first-order chi connectivity index (χ1) is 14.1. The van der Waals surface area contributed by atoms with Crippen molar-refractivity contribution in [2.45, 2.75) is 19.3 Å². The van der Waals surface area contributed by atoms with Crippen molar-refractivity contribution in [1.29, 1.82) is 0 Å². The fourth-order valence-electron chi connectivity index (χ4n) is 5.15.